The van der Waals surface area contributed by atoms with E-state index in [1.165, 1.54) is 30.4 Å². The van der Waals surface area contributed by atoms with E-state index in [0.29, 0.717) is 0 Å². The second-order valence-electron chi connectivity index (χ2n) is 4.66. The van der Waals surface area contributed by atoms with Gasteiger partial charge in [-0.05, 0) is 44.3 Å². The minimum absolute atomic E-state index is 0.784. The zero-order valence-corrected chi connectivity index (χ0v) is 10.9. The van der Waals surface area contributed by atoms with E-state index in [-0.39, 0.29) is 0 Å². The van der Waals surface area contributed by atoms with E-state index >= 15 is 0 Å². The third-order valence-corrected chi connectivity index (χ3v) is 2.99. The number of benzene rings is 1. The van der Waals surface area contributed by atoms with Crippen LogP contribution in [-0.2, 0) is 6.42 Å². The Balaban J connectivity index is 2.52. The fourth-order valence-electron chi connectivity index (χ4n) is 2.21. The molecule has 0 aliphatic rings. The van der Waals surface area contributed by atoms with Crippen molar-refractivity contribution >= 4 is 0 Å². The first kappa shape index (κ1) is 13.2. The normalized spacial score (nSPS) is 12.7. The Labute approximate surface area is 100 Å². The largest absolute Gasteiger partial charge is 0.317 e. The average molecular weight is 219 g/mol. The van der Waals surface area contributed by atoms with Crippen LogP contribution in [0.2, 0.25) is 0 Å². The van der Waals surface area contributed by atoms with Crippen molar-refractivity contribution in [3.63, 3.8) is 0 Å². The molecule has 1 unspecified atom stereocenters. The lowest BCUT2D eigenvalue weighted by Crippen LogP contribution is -2.24. The molecule has 0 fully saturated rings. The first-order chi connectivity index (χ1) is 7.76. The van der Waals surface area contributed by atoms with Crippen molar-refractivity contribution in [2.75, 3.05) is 13.1 Å². The maximum atomic E-state index is 3.47. The van der Waals surface area contributed by atoms with Gasteiger partial charge in [-0.1, -0.05) is 50.1 Å². The molecule has 16 heavy (non-hydrogen) atoms. The highest BCUT2D eigenvalue weighted by Crippen LogP contribution is 2.14. The molecule has 0 saturated heterocycles. The summed E-state index contributed by atoms with van der Waals surface area (Å²) >= 11 is 0. The van der Waals surface area contributed by atoms with E-state index in [4.69, 9.17) is 0 Å². The minimum atomic E-state index is 0.784. The van der Waals surface area contributed by atoms with E-state index < -0.39 is 0 Å². The Hall–Kier alpha value is -0.820. The summed E-state index contributed by atoms with van der Waals surface area (Å²) in [5.41, 5.74) is 2.85. The standard InChI is InChI=1S/C15H25N/c1-4-7-15(12-16-5-2)11-14-9-6-8-13(3)10-14/h6,8-10,15-16H,4-5,7,11-12H2,1-3H3. The van der Waals surface area contributed by atoms with E-state index in [0.717, 1.165) is 19.0 Å². The third kappa shape index (κ3) is 4.80. The van der Waals surface area contributed by atoms with Crippen molar-refractivity contribution in [3.05, 3.63) is 35.4 Å². The quantitative estimate of drug-likeness (QED) is 0.739. The molecule has 0 spiro atoms. The second-order valence-corrected chi connectivity index (χ2v) is 4.66. The first-order valence-electron chi connectivity index (χ1n) is 6.52. The van der Waals surface area contributed by atoms with Crippen LogP contribution in [0.5, 0.6) is 0 Å². The van der Waals surface area contributed by atoms with Crippen LogP contribution in [0.4, 0.5) is 0 Å². The van der Waals surface area contributed by atoms with Crippen molar-refractivity contribution in [2.45, 2.75) is 40.0 Å². The van der Waals surface area contributed by atoms with E-state index in [1.54, 1.807) is 0 Å². The van der Waals surface area contributed by atoms with Crippen LogP contribution < -0.4 is 5.32 Å². The lowest BCUT2D eigenvalue weighted by Gasteiger charge is -2.16. The maximum Gasteiger partial charge on any atom is -0.00175 e. The zero-order chi connectivity index (χ0) is 11.8. The molecule has 1 heteroatoms. The lowest BCUT2D eigenvalue weighted by atomic mass is 9.94. The van der Waals surface area contributed by atoms with Gasteiger partial charge >= 0.3 is 0 Å². The zero-order valence-electron chi connectivity index (χ0n) is 10.9. The van der Waals surface area contributed by atoms with Gasteiger partial charge in [0, 0.05) is 0 Å². The summed E-state index contributed by atoms with van der Waals surface area (Å²) in [4.78, 5) is 0. The van der Waals surface area contributed by atoms with E-state index in [1.807, 2.05) is 0 Å². The van der Waals surface area contributed by atoms with Gasteiger partial charge in [-0.15, -0.1) is 0 Å². The Morgan fingerprint density at radius 2 is 2.06 bits per heavy atom. The summed E-state index contributed by atoms with van der Waals surface area (Å²) in [5, 5.41) is 3.47. The highest BCUT2D eigenvalue weighted by molar-refractivity contribution is 5.22. The van der Waals surface area contributed by atoms with Crippen LogP contribution >= 0.6 is 0 Å². The van der Waals surface area contributed by atoms with E-state index in [9.17, 15) is 0 Å². The van der Waals surface area contributed by atoms with Gasteiger partial charge in [0.2, 0.25) is 0 Å². The topological polar surface area (TPSA) is 12.0 Å². The smallest absolute Gasteiger partial charge is 0.00175 e. The van der Waals surface area contributed by atoms with Crippen molar-refractivity contribution in [1.82, 2.24) is 5.32 Å². The molecule has 0 aliphatic carbocycles. The van der Waals surface area contributed by atoms with Gasteiger partial charge in [0.05, 0.1) is 0 Å². The number of aryl methyl sites for hydroxylation is 1. The molecule has 1 aromatic carbocycles. The van der Waals surface area contributed by atoms with Gasteiger partial charge in [-0.2, -0.15) is 0 Å². The summed E-state index contributed by atoms with van der Waals surface area (Å²) in [6.45, 7) is 8.85. The molecule has 0 bridgehead atoms. The summed E-state index contributed by atoms with van der Waals surface area (Å²) < 4.78 is 0. The molecule has 1 N–H and O–H groups in total. The number of nitrogens with one attached hydrogen (secondary N) is 1. The maximum absolute atomic E-state index is 3.47. The Kier molecular flexibility index (Phi) is 6.17. The Morgan fingerprint density at radius 1 is 1.25 bits per heavy atom. The van der Waals surface area contributed by atoms with Crippen LogP contribution in [0.25, 0.3) is 0 Å². The van der Waals surface area contributed by atoms with Crippen molar-refractivity contribution in [3.8, 4) is 0 Å². The van der Waals surface area contributed by atoms with Crippen LogP contribution in [-0.4, -0.2) is 13.1 Å². The molecule has 0 radical (unpaired) electrons. The van der Waals surface area contributed by atoms with Crippen molar-refractivity contribution in [2.24, 2.45) is 5.92 Å². The molecule has 0 aliphatic heterocycles. The van der Waals surface area contributed by atoms with Crippen LogP contribution in [0.3, 0.4) is 0 Å². The molecule has 1 rings (SSSR count). The fraction of sp³-hybridized carbons (Fsp3) is 0.600. The predicted octanol–water partition coefficient (Wildman–Crippen LogP) is 3.56. The van der Waals surface area contributed by atoms with Crippen LogP contribution in [0.1, 0.15) is 37.8 Å². The van der Waals surface area contributed by atoms with Gasteiger partial charge in [-0.3, -0.25) is 0 Å². The minimum Gasteiger partial charge on any atom is -0.317 e. The molecule has 0 amide bonds. The Morgan fingerprint density at radius 3 is 2.69 bits per heavy atom. The number of rotatable bonds is 7. The van der Waals surface area contributed by atoms with Crippen molar-refractivity contribution < 1.29 is 0 Å². The number of hydrogen-bond donors (Lipinski definition) is 1. The molecule has 0 heterocycles. The molecular formula is C15H25N. The summed E-state index contributed by atoms with van der Waals surface area (Å²) in [5.74, 6) is 0.784. The van der Waals surface area contributed by atoms with E-state index in [2.05, 4.69) is 50.4 Å². The number of hydrogen-bond acceptors (Lipinski definition) is 1. The second kappa shape index (κ2) is 7.45. The fourth-order valence-corrected chi connectivity index (χ4v) is 2.21. The molecule has 1 nitrogen and oxygen atoms in total. The van der Waals surface area contributed by atoms with Crippen molar-refractivity contribution in [1.29, 1.82) is 0 Å². The summed E-state index contributed by atoms with van der Waals surface area (Å²) in [7, 11) is 0. The highest BCUT2D eigenvalue weighted by Gasteiger charge is 2.08. The molecule has 90 valence electrons. The van der Waals surface area contributed by atoms with Crippen LogP contribution in [0.15, 0.2) is 24.3 Å². The van der Waals surface area contributed by atoms with Gasteiger partial charge in [0.1, 0.15) is 0 Å². The van der Waals surface area contributed by atoms with Gasteiger partial charge in [0.15, 0.2) is 0 Å². The van der Waals surface area contributed by atoms with Gasteiger partial charge < -0.3 is 5.32 Å². The average Bonchev–Trinajstić information content (AvgIpc) is 2.26. The van der Waals surface area contributed by atoms with Gasteiger partial charge in [0.25, 0.3) is 0 Å². The first-order valence-corrected chi connectivity index (χ1v) is 6.52. The van der Waals surface area contributed by atoms with Crippen LogP contribution in [0, 0.1) is 12.8 Å². The molecule has 0 saturated carbocycles. The Bertz CT molecular complexity index is 293. The summed E-state index contributed by atoms with van der Waals surface area (Å²) in [6.07, 6.45) is 3.81. The SMILES string of the molecule is CCCC(CNCC)Cc1cccc(C)c1. The third-order valence-electron chi connectivity index (χ3n) is 2.99. The molecular weight excluding hydrogens is 194 g/mol. The molecule has 0 aromatic heterocycles. The molecule has 1 aromatic rings. The van der Waals surface area contributed by atoms with Gasteiger partial charge in [-0.25, -0.2) is 0 Å². The summed E-state index contributed by atoms with van der Waals surface area (Å²) in [6, 6.07) is 8.90. The lowest BCUT2D eigenvalue weighted by molar-refractivity contribution is 0.444. The predicted molar refractivity (Wildman–Crippen MR) is 71.8 cm³/mol. The molecule has 1 atom stereocenters. The highest BCUT2D eigenvalue weighted by atomic mass is 14.8. The monoisotopic (exact) mass is 219 g/mol.